The van der Waals surface area contributed by atoms with Crippen molar-refractivity contribution in [3.05, 3.63) is 24.8 Å². The van der Waals surface area contributed by atoms with E-state index in [1.54, 1.807) is 6.08 Å². The Kier molecular flexibility index (Phi) is 10.7. The molecule has 0 amide bonds. The molecule has 0 aliphatic carbocycles. The minimum absolute atomic E-state index is 0.791. The van der Waals surface area contributed by atoms with Crippen LogP contribution in [0.2, 0.25) is 0 Å². The zero-order chi connectivity index (χ0) is 12.9. The summed E-state index contributed by atoms with van der Waals surface area (Å²) in [7, 11) is 0. The quantitative estimate of drug-likeness (QED) is 0.386. The van der Waals surface area contributed by atoms with E-state index in [0.717, 1.165) is 12.8 Å². The summed E-state index contributed by atoms with van der Waals surface area (Å²) in [5, 5.41) is 18.5. The van der Waals surface area contributed by atoms with Gasteiger partial charge in [-0.3, -0.25) is 0 Å². The number of aliphatic hydroxyl groups is 2. The smallest absolute Gasteiger partial charge is 0.133 e. The molecular formula is C15H24O2. The summed E-state index contributed by atoms with van der Waals surface area (Å²) < 4.78 is 0. The van der Waals surface area contributed by atoms with E-state index in [4.69, 9.17) is 5.11 Å². The Morgan fingerprint density at radius 3 is 2.35 bits per heavy atom. The average molecular weight is 236 g/mol. The first-order chi connectivity index (χ1) is 8.20. The van der Waals surface area contributed by atoms with Gasteiger partial charge < -0.3 is 10.2 Å². The molecule has 2 heteroatoms. The van der Waals surface area contributed by atoms with Crippen molar-refractivity contribution in [1.29, 1.82) is 0 Å². The van der Waals surface area contributed by atoms with Crippen LogP contribution in [0, 0.1) is 11.8 Å². The van der Waals surface area contributed by atoms with Crippen LogP contribution in [0.5, 0.6) is 0 Å². The van der Waals surface area contributed by atoms with Crippen LogP contribution in [0.25, 0.3) is 0 Å². The van der Waals surface area contributed by atoms with Crippen molar-refractivity contribution < 1.29 is 10.2 Å². The van der Waals surface area contributed by atoms with Gasteiger partial charge in [-0.1, -0.05) is 63.2 Å². The largest absolute Gasteiger partial charge is 0.377 e. The molecule has 0 aromatic heterocycles. The van der Waals surface area contributed by atoms with Crippen LogP contribution >= 0.6 is 0 Å². The number of aliphatic hydroxyl groups excluding tert-OH is 2. The predicted molar refractivity (Wildman–Crippen MR) is 72.5 cm³/mol. The molecule has 0 saturated carbocycles. The molecule has 0 aliphatic rings. The molecule has 2 nitrogen and oxygen atoms in total. The molecule has 2 N–H and O–H groups in total. The first-order valence-electron chi connectivity index (χ1n) is 6.37. The molecule has 17 heavy (non-hydrogen) atoms. The molecule has 0 heterocycles. The highest BCUT2D eigenvalue weighted by atomic mass is 16.3. The molecule has 0 saturated heterocycles. The van der Waals surface area contributed by atoms with Crippen LogP contribution in [0.4, 0.5) is 0 Å². The molecule has 0 bridgehead atoms. The summed E-state index contributed by atoms with van der Waals surface area (Å²) in [6.45, 7) is 5.60. The summed E-state index contributed by atoms with van der Waals surface area (Å²) >= 11 is 0. The van der Waals surface area contributed by atoms with Crippen molar-refractivity contribution in [2.24, 2.45) is 0 Å². The van der Waals surface area contributed by atoms with E-state index in [0.29, 0.717) is 0 Å². The maximum atomic E-state index is 9.43. The van der Waals surface area contributed by atoms with E-state index in [2.05, 4.69) is 25.3 Å². The lowest BCUT2D eigenvalue weighted by atomic mass is 10.1. The van der Waals surface area contributed by atoms with Gasteiger partial charge in [0.1, 0.15) is 12.2 Å². The summed E-state index contributed by atoms with van der Waals surface area (Å²) in [4.78, 5) is 0. The van der Waals surface area contributed by atoms with Crippen LogP contribution in [0.1, 0.15) is 45.4 Å². The van der Waals surface area contributed by atoms with Crippen LogP contribution in [0.3, 0.4) is 0 Å². The third-order valence-electron chi connectivity index (χ3n) is 2.40. The third kappa shape index (κ3) is 11.2. The van der Waals surface area contributed by atoms with Crippen LogP contribution in [0.15, 0.2) is 24.8 Å². The number of rotatable bonds is 8. The summed E-state index contributed by atoms with van der Waals surface area (Å²) in [5.41, 5.74) is 0. The highest BCUT2D eigenvalue weighted by molar-refractivity contribution is 5.17. The maximum absolute atomic E-state index is 9.43. The zero-order valence-corrected chi connectivity index (χ0v) is 10.7. The van der Waals surface area contributed by atoms with E-state index in [1.807, 2.05) is 6.08 Å². The average Bonchev–Trinajstić information content (AvgIpc) is 2.34. The van der Waals surface area contributed by atoms with E-state index in [-0.39, 0.29) is 0 Å². The van der Waals surface area contributed by atoms with Gasteiger partial charge in [0.2, 0.25) is 0 Å². The Morgan fingerprint density at radius 1 is 1.06 bits per heavy atom. The molecule has 0 aliphatic heterocycles. The van der Waals surface area contributed by atoms with Gasteiger partial charge in [-0.05, 0) is 18.9 Å². The summed E-state index contributed by atoms with van der Waals surface area (Å²) in [6, 6.07) is 0. The molecule has 0 rings (SSSR count). The van der Waals surface area contributed by atoms with Crippen molar-refractivity contribution in [1.82, 2.24) is 0 Å². The van der Waals surface area contributed by atoms with Gasteiger partial charge in [0.05, 0.1) is 0 Å². The van der Waals surface area contributed by atoms with E-state index in [9.17, 15) is 5.11 Å². The molecule has 0 spiro atoms. The fourth-order valence-electron chi connectivity index (χ4n) is 1.37. The molecule has 2 atom stereocenters. The number of allylic oxidation sites excluding steroid dienone is 1. The lowest BCUT2D eigenvalue weighted by molar-refractivity contribution is 0.270. The van der Waals surface area contributed by atoms with Crippen LogP contribution in [-0.2, 0) is 0 Å². The van der Waals surface area contributed by atoms with Crippen molar-refractivity contribution in [2.75, 3.05) is 0 Å². The number of hydrogen-bond donors (Lipinski definition) is 2. The molecule has 0 aromatic carbocycles. The minimum atomic E-state index is -0.855. The first kappa shape index (κ1) is 16.0. The Hall–Kier alpha value is -1.04. The minimum Gasteiger partial charge on any atom is -0.377 e. The second-order valence-electron chi connectivity index (χ2n) is 4.05. The topological polar surface area (TPSA) is 40.5 Å². The van der Waals surface area contributed by atoms with Gasteiger partial charge in [-0.15, -0.1) is 0 Å². The van der Waals surface area contributed by atoms with Gasteiger partial charge in [-0.25, -0.2) is 0 Å². The van der Waals surface area contributed by atoms with Crippen LogP contribution < -0.4 is 0 Å². The molecule has 0 radical (unpaired) electrons. The SMILES string of the molecule is C=CC(O)C#CC(O)C=CCCCCCCC. The molecule has 0 fully saturated rings. The van der Waals surface area contributed by atoms with Crippen molar-refractivity contribution in [3.8, 4) is 11.8 Å². The van der Waals surface area contributed by atoms with E-state index < -0.39 is 12.2 Å². The lowest BCUT2D eigenvalue weighted by Crippen LogP contribution is -2.01. The fraction of sp³-hybridized carbons (Fsp3) is 0.600. The molecular weight excluding hydrogens is 212 g/mol. The van der Waals surface area contributed by atoms with Gasteiger partial charge in [0.15, 0.2) is 0 Å². The van der Waals surface area contributed by atoms with Crippen molar-refractivity contribution >= 4 is 0 Å². The van der Waals surface area contributed by atoms with Gasteiger partial charge in [0.25, 0.3) is 0 Å². The highest BCUT2D eigenvalue weighted by Crippen LogP contribution is 2.05. The molecule has 96 valence electrons. The molecule has 2 unspecified atom stereocenters. The monoisotopic (exact) mass is 236 g/mol. The van der Waals surface area contributed by atoms with E-state index in [1.165, 1.54) is 31.8 Å². The van der Waals surface area contributed by atoms with Gasteiger partial charge in [-0.2, -0.15) is 0 Å². The standard InChI is InChI=1S/C15H24O2/c1-3-5-6-7-8-9-10-11-15(17)13-12-14(16)4-2/h4,10-11,14-17H,2-3,5-9H2,1H3. The van der Waals surface area contributed by atoms with Gasteiger partial charge in [0, 0.05) is 0 Å². The van der Waals surface area contributed by atoms with Crippen molar-refractivity contribution in [2.45, 2.75) is 57.7 Å². The Morgan fingerprint density at radius 2 is 1.71 bits per heavy atom. The fourth-order valence-corrected chi connectivity index (χ4v) is 1.37. The summed E-state index contributed by atoms with van der Waals surface area (Å²) in [6.07, 6.45) is 10.5. The highest BCUT2D eigenvalue weighted by Gasteiger charge is 1.93. The normalized spacial score (nSPS) is 14.1. The first-order valence-corrected chi connectivity index (χ1v) is 6.37. The van der Waals surface area contributed by atoms with Crippen LogP contribution in [-0.4, -0.2) is 22.4 Å². The zero-order valence-electron chi connectivity index (χ0n) is 10.7. The second-order valence-corrected chi connectivity index (χ2v) is 4.05. The Bertz CT molecular complexity index is 270. The maximum Gasteiger partial charge on any atom is 0.133 e. The summed E-state index contributed by atoms with van der Waals surface area (Å²) in [5.74, 6) is 5.03. The lowest BCUT2D eigenvalue weighted by Gasteiger charge is -1.97. The van der Waals surface area contributed by atoms with Gasteiger partial charge >= 0.3 is 0 Å². The predicted octanol–water partition coefficient (Wildman–Crippen LogP) is 2.81. The second kappa shape index (κ2) is 11.4. The Balaban J connectivity index is 3.62. The Labute approximate surface area is 105 Å². The number of hydrogen-bond acceptors (Lipinski definition) is 2. The van der Waals surface area contributed by atoms with E-state index >= 15 is 0 Å². The third-order valence-corrected chi connectivity index (χ3v) is 2.40. The molecule has 0 aromatic rings. The number of unbranched alkanes of at least 4 members (excludes halogenated alkanes) is 5. The van der Waals surface area contributed by atoms with Crippen molar-refractivity contribution in [3.63, 3.8) is 0 Å².